The Balaban J connectivity index is 1.56. The van der Waals surface area contributed by atoms with Crippen molar-refractivity contribution in [2.75, 3.05) is 13.1 Å². The molecule has 0 aliphatic carbocycles. The minimum atomic E-state index is -0.0305. The molecule has 3 rings (SSSR count). The van der Waals surface area contributed by atoms with Crippen molar-refractivity contribution in [2.45, 2.75) is 25.5 Å². The molecule has 7 heteroatoms. The number of rotatable bonds is 4. The molecule has 1 aliphatic heterocycles. The standard InChI is InChI=1S/C14H17N5O2/c20-14(11-19-9-3-7-16-19)18-8-2-4-12(10-18)21-13-5-1-6-15-17-13/h1,3,5-7,9,12H,2,4,8,10-11H2/t12-/m0/s1. The number of ether oxygens (including phenoxy) is 1. The molecule has 0 N–H and O–H groups in total. The summed E-state index contributed by atoms with van der Waals surface area (Å²) in [6, 6.07) is 5.37. The Morgan fingerprint density at radius 2 is 2.33 bits per heavy atom. The topological polar surface area (TPSA) is 73.1 Å². The molecule has 0 radical (unpaired) electrons. The highest BCUT2D eigenvalue weighted by atomic mass is 16.5. The Morgan fingerprint density at radius 1 is 1.38 bits per heavy atom. The van der Waals surface area contributed by atoms with Crippen LogP contribution in [-0.2, 0) is 11.3 Å². The van der Waals surface area contributed by atoms with Gasteiger partial charge in [-0.15, -0.1) is 5.10 Å². The zero-order valence-electron chi connectivity index (χ0n) is 11.6. The van der Waals surface area contributed by atoms with Crippen LogP contribution in [0.3, 0.4) is 0 Å². The lowest BCUT2D eigenvalue weighted by molar-refractivity contribution is -0.134. The van der Waals surface area contributed by atoms with Crippen LogP contribution >= 0.6 is 0 Å². The van der Waals surface area contributed by atoms with Gasteiger partial charge in [0.05, 0.1) is 6.54 Å². The van der Waals surface area contributed by atoms with Crippen LogP contribution in [-0.4, -0.2) is 50.0 Å². The van der Waals surface area contributed by atoms with Crippen LogP contribution in [0.25, 0.3) is 0 Å². The van der Waals surface area contributed by atoms with E-state index in [2.05, 4.69) is 15.3 Å². The Bertz CT molecular complexity index is 572. The predicted octanol–water partition coefficient (Wildman–Crippen LogP) is 0.743. The molecule has 0 unspecified atom stereocenters. The Hall–Kier alpha value is -2.44. The van der Waals surface area contributed by atoms with E-state index in [0.29, 0.717) is 12.4 Å². The summed E-state index contributed by atoms with van der Waals surface area (Å²) >= 11 is 0. The van der Waals surface area contributed by atoms with Gasteiger partial charge in [-0.25, -0.2) is 0 Å². The van der Waals surface area contributed by atoms with Gasteiger partial charge < -0.3 is 9.64 Å². The Kier molecular flexibility index (Phi) is 4.09. The fraction of sp³-hybridized carbons (Fsp3) is 0.429. The van der Waals surface area contributed by atoms with E-state index in [1.54, 1.807) is 35.4 Å². The lowest BCUT2D eigenvalue weighted by Gasteiger charge is -2.32. The van der Waals surface area contributed by atoms with Crippen molar-refractivity contribution in [1.29, 1.82) is 0 Å². The normalized spacial score (nSPS) is 18.5. The molecule has 2 aromatic rings. The highest BCUT2D eigenvalue weighted by molar-refractivity contribution is 5.76. The maximum Gasteiger partial charge on any atom is 0.244 e. The summed E-state index contributed by atoms with van der Waals surface area (Å²) in [6.07, 6.45) is 6.88. The molecule has 2 aromatic heterocycles. The lowest BCUT2D eigenvalue weighted by Crippen LogP contribution is -2.45. The van der Waals surface area contributed by atoms with Crippen molar-refractivity contribution in [2.24, 2.45) is 0 Å². The van der Waals surface area contributed by atoms with Gasteiger partial charge in [0.1, 0.15) is 12.6 Å². The number of hydrogen-bond acceptors (Lipinski definition) is 5. The monoisotopic (exact) mass is 287 g/mol. The van der Waals surface area contributed by atoms with Crippen LogP contribution in [0.5, 0.6) is 5.88 Å². The average Bonchev–Trinajstić information content (AvgIpc) is 3.01. The predicted molar refractivity (Wildman–Crippen MR) is 74.5 cm³/mol. The van der Waals surface area contributed by atoms with Crippen LogP contribution in [0.15, 0.2) is 36.8 Å². The summed E-state index contributed by atoms with van der Waals surface area (Å²) < 4.78 is 7.42. The van der Waals surface area contributed by atoms with Crippen LogP contribution < -0.4 is 4.74 Å². The third-order valence-electron chi connectivity index (χ3n) is 3.42. The summed E-state index contributed by atoms with van der Waals surface area (Å²) in [6.45, 7) is 1.61. The van der Waals surface area contributed by atoms with Crippen LogP contribution in [0, 0.1) is 0 Å². The number of carbonyl (C=O) groups is 1. The van der Waals surface area contributed by atoms with Gasteiger partial charge in [0.2, 0.25) is 11.8 Å². The second kappa shape index (κ2) is 6.34. The summed E-state index contributed by atoms with van der Waals surface area (Å²) in [5.74, 6) is 0.565. The third kappa shape index (κ3) is 3.56. The zero-order chi connectivity index (χ0) is 14.5. The maximum atomic E-state index is 12.2. The number of hydrogen-bond donors (Lipinski definition) is 0. The molecular formula is C14H17N5O2. The van der Waals surface area contributed by atoms with Crippen molar-refractivity contribution in [3.8, 4) is 5.88 Å². The van der Waals surface area contributed by atoms with E-state index in [9.17, 15) is 4.79 Å². The fourth-order valence-corrected chi connectivity index (χ4v) is 2.41. The van der Waals surface area contributed by atoms with Gasteiger partial charge in [-0.2, -0.15) is 10.2 Å². The van der Waals surface area contributed by atoms with E-state index in [4.69, 9.17) is 4.74 Å². The van der Waals surface area contributed by atoms with Crippen molar-refractivity contribution in [3.05, 3.63) is 36.8 Å². The van der Waals surface area contributed by atoms with E-state index >= 15 is 0 Å². The zero-order valence-corrected chi connectivity index (χ0v) is 11.6. The second-order valence-electron chi connectivity index (χ2n) is 4.99. The number of aromatic nitrogens is 4. The highest BCUT2D eigenvalue weighted by Crippen LogP contribution is 2.16. The first-order chi connectivity index (χ1) is 10.3. The van der Waals surface area contributed by atoms with Crippen LogP contribution in [0.1, 0.15) is 12.8 Å². The lowest BCUT2D eigenvalue weighted by atomic mass is 10.1. The van der Waals surface area contributed by atoms with Gasteiger partial charge in [-0.3, -0.25) is 9.48 Å². The Morgan fingerprint density at radius 3 is 3.10 bits per heavy atom. The maximum absolute atomic E-state index is 12.2. The quantitative estimate of drug-likeness (QED) is 0.829. The second-order valence-corrected chi connectivity index (χ2v) is 4.99. The number of amides is 1. The number of nitrogens with zero attached hydrogens (tertiary/aromatic N) is 5. The molecule has 0 spiro atoms. The van der Waals surface area contributed by atoms with Crippen molar-refractivity contribution >= 4 is 5.91 Å². The highest BCUT2D eigenvalue weighted by Gasteiger charge is 2.25. The van der Waals surface area contributed by atoms with Gasteiger partial charge >= 0.3 is 0 Å². The molecule has 1 aliphatic rings. The van der Waals surface area contributed by atoms with E-state index in [1.165, 1.54) is 0 Å². The molecule has 1 atom stereocenters. The van der Waals surface area contributed by atoms with Gasteiger partial charge in [0.25, 0.3) is 0 Å². The van der Waals surface area contributed by atoms with E-state index in [0.717, 1.165) is 19.4 Å². The van der Waals surface area contributed by atoms with Crippen LogP contribution in [0.2, 0.25) is 0 Å². The van der Waals surface area contributed by atoms with Gasteiger partial charge in [0.15, 0.2) is 0 Å². The number of piperidine rings is 1. The molecule has 1 fully saturated rings. The first-order valence-electron chi connectivity index (χ1n) is 7.01. The molecule has 1 saturated heterocycles. The molecule has 21 heavy (non-hydrogen) atoms. The summed E-state index contributed by atoms with van der Waals surface area (Å²) in [4.78, 5) is 14.1. The van der Waals surface area contributed by atoms with Crippen LogP contribution in [0.4, 0.5) is 0 Å². The molecule has 7 nitrogen and oxygen atoms in total. The molecule has 3 heterocycles. The first kappa shape index (κ1) is 13.5. The molecule has 0 saturated carbocycles. The van der Waals surface area contributed by atoms with Crippen molar-refractivity contribution in [1.82, 2.24) is 24.9 Å². The first-order valence-corrected chi connectivity index (χ1v) is 7.01. The van der Waals surface area contributed by atoms with E-state index in [1.807, 2.05) is 11.0 Å². The molecular weight excluding hydrogens is 270 g/mol. The average molecular weight is 287 g/mol. The molecule has 1 amide bonds. The van der Waals surface area contributed by atoms with Gasteiger partial charge in [0, 0.05) is 31.2 Å². The fourth-order valence-electron chi connectivity index (χ4n) is 2.41. The number of carbonyl (C=O) groups excluding carboxylic acids is 1. The minimum absolute atomic E-state index is 0.0305. The molecule has 0 bridgehead atoms. The summed E-state index contributed by atoms with van der Waals surface area (Å²) in [5.41, 5.74) is 0. The van der Waals surface area contributed by atoms with Gasteiger partial charge in [-0.1, -0.05) is 0 Å². The molecule has 110 valence electrons. The smallest absolute Gasteiger partial charge is 0.244 e. The van der Waals surface area contributed by atoms with E-state index in [-0.39, 0.29) is 18.6 Å². The van der Waals surface area contributed by atoms with E-state index < -0.39 is 0 Å². The third-order valence-corrected chi connectivity index (χ3v) is 3.42. The SMILES string of the molecule is O=C(Cn1cccn1)N1CCC[C@H](Oc2cccnn2)C1. The minimum Gasteiger partial charge on any atom is -0.471 e. The molecule has 0 aromatic carbocycles. The van der Waals surface area contributed by atoms with Crippen molar-refractivity contribution < 1.29 is 9.53 Å². The van der Waals surface area contributed by atoms with Crippen molar-refractivity contribution in [3.63, 3.8) is 0 Å². The van der Waals surface area contributed by atoms with Gasteiger partial charge in [-0.05, 0) is 25.0 Å². The largest absolute Gasteiger partial charge is 0.471 e. The summed E-state index contributed by atoms with van der Waals surface area (Å²) in [5, 5.41) is 11.8. The Labute approximate surface area is 122 Å². The number of likely N-dealkylation sites (tertiary alicyclic amines) is 1. The summed E-state index contributed by atoms with van der Waals surface area (Å²) in [7, 11) is 0.